The standard InChI is InChI=1S/C22H26N2O6S/c1-17-4-3-5-20(16-17)29-14-15-30-22(26)19-6-8-21(9-7-19)31(27,28)24-12-10-23(11-13-24)18(2)25/h3-9,16H,10-15H2,1-2H3. The zero-order valence-corrected chi connectivity index (χ0v) is 18.4. The molecule has 0 N–H and O–H groups in total. The molecule has 2 aromatic carbocycles. The lowest BCUT2D eigenvalue weighted by atomic mass is 10.2. The first kappa shape index (κ1) is 22.8. The average Bonchev–Trinajstić information content (AvgIpc) is 2.77. The van der Waals surface area contributed by atoms with Gasteiger partial charge >= 0.3 is 5.97 Å². The molecular formula is C22H26N2O6S. The Bertz CT molecular complexity index is 1030. The van der Waals surface area contributed by atoms with Gasteiger partial charge in [-0.15, -0.1) is 0 Å². The number of nitrogens with zero attached hydrogens (tertiary/aromatic N) is 2. The molecule has 0 spiro atoms. The summed E-state index contributed by atoms with van der Waals surface area (Å²) in [7, 11) is -3.69. The zero-order valence-electron chi connectivity index (χ0n) is 17.6. The van der Waals surface area contributed by atoms with Crippen LogP contribution in [-0.4, -0.2) is 68.9 Å². The van der Waals surface area contributed by atoms with Crippen molar-refractivity contribution in [3.05, 3.63) is 59.7 Å². The van der Waals surface area contributed by atoms with Gasteiger partial charge in [0.25, 0.3) is 0 Å². The molecule has 1 heterocycles. The molecule has 1 aliphatic heterocycles. The van der Waals surface area contributed by atoms with E-state index < -0.39 is 16.0 Å². The van der Waals surface area contributed by atoms with Crippen LogP contribution in [0.5, 0.6) is 5.75 Å². The van der Waals surface area contributed by atoms with Crippen molar-refractivity contribution in [2.45, 2.75) is 18.7 Å². The van der Waals surface area contributed by atoms with Gasteiger partial charge in [-0.1, -0.05) is 12.1 Å². The van der Waals surface area contributed by atoms with Crippen LogP contribution < -0.4 is 4.74 Å². The average molecular weight is 447 g/mol. The lowest BCUT2D eigenvalue weighted by Gasteiger charge is -2.33. The van der Waals surface area contributed by atoms with Crippen LogP contribution in [0.25, 0.3) is 0 Å². The summed E-state index contributed by atoms with van der Waals surface area (Å²) >= 11 is 0. The molecule has 9 heteroatoms. The van der Waals surface area contributed by atoms with Crippen LogP contribution in [0.2, 0.25) is 0 Å². The molecule has 31 heavy (non-hydrogen) atoms. The van der Waals surface area contributed by atoms with Gasteiger partial charge in [-0.2, -0.15) is 4.31 Å². The molecule has 0 saturated carbocycles. The van der Waals surface area contributed by atoms with E-state index >= 15 is 0 Å². The van der Waals surface area contributed by atoms with E-state index in [1.807, 2.05) is 31.2 Å². The quantitative estimate of drug-likeness (QED) is 0.478. The van der Waals surface area contributed by atoms with Crippen LogP contribution in [0.15, 0.2) is 53.4 Å². The molecule has 8 nitrogen and oxygen atoms in total. The second-order valence-corrected chi connectivity index (χ2v) is 9.17. The molecule has 0 aliphatic carbocycles. The predicted octanol–water partition coefficient (Wildman–Crippen LogP) is 2.08. The number of sulfonamides is 1. The molecule has 0 atom stereocenters. The number of esters is 1. The maximum atomic E-state index is 12.8. The monoisotopic (exact) mass is 446 g/mol. The van der Waals surface area contributed by atoms with E-state index in [0.717, 1.165) is 5.56 Å². The molecule has 0 aromatic heterocycles. The second-order valence-electron chi connectivity index (χ2n) is 7.24. The Morgan fingerprint density at radius 1 is 0.968 bits per heavy atom. The number of hydrogen-bond donors (Lipinski definition) is 0. The summed E-state index contributed by atoms with van der Waals surface area (Å²) < 4.78 is 37.7. The third-order valence-corrected chi connectivity index (χ3v) is 6.90. The van der Waals surface area contributed by atoms with Gasteiger partial charge in [0.1, 0.15) is 19.0 Å². The Morgan fingerprint density at radius 2 is 1.65 bits per heavy atom. The van der Waals surface area contributed by atoms with Crippen molar-refractivity contribution in [1.29, 1.82) is 0 Å². The van der Waals surface area contributed by atoms with Crippen molar-refractivity contribution in [3.8, 4) is 5.75 Å². The molecule has 1 saturated heterocycles. The van der Waals surface area contributed by atoms with E-state index in [0.29, 0.717) is 18.8 Å². The van der Waals surface area contributed by atoms with Crippen LogP contribution in [0.3, 0.4) is 0 Å². The number of carbonyl (C=O) groups is 2. The summed E-state index contributed by atoms with van der Waals surface area (Å²) in [5.41, 5.74) is 1.33. The number of ether oxygens (including phenoxy) is 2. The number of benzene rings is 2. The number of hydrogen-bond acceptors (Lipinski definition) is 6. The van der Waals surface area contributed by atoms with Crippen LogP contribution >= 0.6 is 0 Å². The normalized spacial score (nSPS) is 14.8. The number of aryl methyl sites for hydroxylation is 1. The maximum Gasteiger partial charge on any atom is 0.338 e. The molecule has 1 fully saturated rings. The van der Waals surface area contributed by atoms with Gasteiger partial charge in [-0.05, 0) is 48.9 Å². The Kier molecular flexibility index (Phi) is 7.29. The first-order valence-electron chi connectivity index (χ1n) is 10.00. The van der Waals surface area contributed by atoms with E-state index in [4.69, 9.17) is 9.47 Å². The Labute approximate surface area is 182 Å². The van der Waals surface area contributed by atoms with E-state index in [1.54, 1.807) is 4.90 Å². The van der Waals surface area contributed by atoms with E-state index in [9.17, 15) is 18.0 Å². The summed E-state index contributed by atoms with van der Waals surface area (Å²) in [5.74, 6) is 0.0887. The molecule has 3 rings (SSSR count). The highest BCUT2D eigenvalue weighted by Crippen LogP contribution is 2.19. The lowest BCUT2D eigenvalue weighted by molar-refractivity contribution is -0.129. The van der Waals surface area contributed by atoms with Gasteiger partial charge in [0.2, 0.25) is 15.9 Å². The van der Waals surface area contributed by atoms with Gasteiger partial charge in [0.05, 0.1) is 10.5 Å². The van der Waals surface area contributed by atoms with Crippen molar-refractivity contribution in [2.75, 3.05) is 39.4 Å². The second kappa shape index (κ2) is 9.93. The lowest BCUT2D eigenvalue weighted by Crippen LogP contribution is -2.49. The summed E-state index contributed by atoms with van der Waals surface area (Å²) in [6, 6.07) is 13.2. The molecule has 0 bridgehead atoms. The van der Waals surface area contributed by atoms with Crippen LogP contribution in [-0.2, 0) is 19.6 Å². The Morgan fingerprint density at radius 3 is 2.26 bits per heavy atom. The fraction of sp³-hybridized carbons (Fsp3) is 0.364. The van der Waals surface area contributed by atoms with Gasteiger partial charge in [0.15, 0.2) is 0 Å². The third kappa shape index (κ3) is 5.83. The fourth-order valence-corrected chi connectivity index (χ4v) is 4.66. The number of piperazine rings is 1. The number of carbonyl (C=O) groups excluding carboxylic acids is 2. The minimum Gasteiger partial charge on any atom is -0.490 e. The third-order valence-electron chi connectivity index (χ3n) is 4.99. The van der Waals surface area contributed by atoms with E-state index in [-0.39, 0.29) is 42.7 Å². The highest BCUT2D eigenvalue weighted by Gasteiger charge is 2.29. The Balaban J connectivity index is 1.51. The van der Waals surface area contributed by atoms with Crippen LogP contribution in [0.1, 0.15) is 22.8 Å². The van der Waals surface area contributed by atoms with Crippen LogP contribution in [0, 0.1) is 6.92 Å². The molecule has 1 aliphatic rings. The summed E-state index contributed by atoms with van der Waals surface area (Å²) in [5, 5.41) is 0. The van der Waals surface area contributed by atoms with Crippen molar-refractivity contribution >= 4 is 21.9 Å². The molecular weight excluding hydrogens is 420 g/mol. The van der Waals surface area contributed by atoms with E-state index in [2.05, 4.69) is 0 Å². The van der Waals surface area contributed by atoms with E-state index in [1.165, 1.54) is 35.5 Å². The summed E-state index contributed by atoms with van der Waals surface area (Å²) in [6.45, 7) is 4.94. The topological polar surface area (TPSA) is 93.2 Å². The first-order chi connectivity index (χ1) is 14.8. The Hall–Kier alpha value is -2.91. The number of amides is 1. The van der Waals surface area contributed by atoms with Crippen molar-refractivity contribution in [2.24, 2.45) is 0 Å². The minimum atomic E-state index is -3.69. The predicted molar refractivity (Wildman–Crippen MR) is 114 cm³/mol. The largest absolute Gasteiger partial charge is 0.490 e. The maximum absolute atomic E-state index is 12.8. The first-order valence-corrected chi connectivity index (χ1v) is 11.4. The zero-order chi connectivity index (χ0) is 22.4. The van der Waals surface area contributed by atoms with Gasteiger partial charge in [-0.25, -0.2) is 13.2 Å². The molecule has 166 valence electrons. The van der Waals surface area contributed by atoms with Gasteiger partial charge in [0, 0.05) is 33.1 Å². The SMILES string of the molecule is CC(=O)N1CCN(S(=O)(=O)c2ccc(C(=O)OCCOc3cccc(C)c3)cc2)CC1. The van der Waals surface area contributed by atoms with Gasteiger partial charge < -0.3 is 14.4 Å². The minimum absolute atomic E-state index is 0.0656. The van der Waals surface area contributed by atoms with Crippen molar-refractivity contribution < 1.29 is 27.5 Å². The molecule has 0 radical (unpaired) electrons. The molecule has 2 aromatic rings. The molecule has 1 amide bonds. The van der Waals surface area contributed by atoms with Gasteiger partial charge in [-0.3, -0.25) is 4.79 Å². The highest BCUT2D eigenvalue weighted by molar-refractivity contribution is 7.89. The van der Waals surface area contributed by atoms with Crippen molar-refractivity contribution in [3.63, 3.8) is 0 Å². The summed E-state index contributed by atoms with van der Waals surface area (Å²) in [4.78, 5) is 25.3. The fourth-order valence-electron chi connectivity index (χ4n) is 3.24. The van der Waals surface area contributed by atoms with Crippen LogP contribution in [0.4, 0.5) is 0 Å². The molecule has 0 unspecified atom stereocenters. The summed E-state index contributed by atoms with van der Waals surface area (Å²) in [6.07, 6.45) is 0. The smallest absolute Gasteiger partial charge is 0.338 e. The van der Waals surface area contributed by atoms with Crippen molar-refractivity contribution in [1.82, 2.24) is 9.21 Å². The number of rotatable bonds is 7. The highest BCUT2D eigenvalue weighted by atomic mass is 32.2.